The molecule has 1 aromatic heterocycles. The van der Waals surface area contributed by atoms with E-state index in [1.807, 2.05) is 0 Å². The van der Waals surface area contributed by atoms with E-state index in [2.05, 4.69) is 205 Å². The van der Waals surface area contributed by atoms with E-state index in [1.165, 1.54) is 49.4 Å². The summed E-state index contributed by atoms with van der Waals surface area (Å²) in [5, 5.41) is 7.23. The SMILES string of the molecule is c1ccc(-c2ccc(N(c3cccc(-c4ccccc4)c3)c3ccc4oc5cccc(-c6ccc7c(ccc8ccccc87)c6)c5c4c3)cc2)cc1. The predicted molar refractivity (Wildman–Crippen MR) is 220 cm³/mol. The molecule has 0 saturated heterocycles. The summed E-state index contributed by atoms with van der Waals surface area (Å²) in [7, 11) is 0. The summed E-state index contributed by atoms with van der Waals surface area (Å²) in [4.78, 5) is 2.35. The molecule has 244 valence electrons. The monoisotopic (exact) mass is 663 g/mol. The van der Waals surface area contributed by atoms with Crippen molar-refractivity contribution in [1.82, 2.24) is 0 Å². The van der Waals surface area contributed by atoms with Crippen LogP contribution in [0.5, 0.6) is 0 Å². The molecule has 0 saturated carbocycles. The average molecular weight is 664 g/mol. The van der Waals surface area contributed by atoms with Crippen molar-refractivity contribution in [2.45, 2.75) is 0 Å². The van der Waals surface area contributed by atoms with Crippen molar-refractivity contribution in [1.29, 1.82) is 0 Å². The van der Waals surface area contributed by atoms with Gasteiger partial charge in [0.2, 0.25) is 0 Å². The van der Waals surface area contributed by atoms with E-state index in [0.717, 1.165) is 44.6 Å². The summed E-state index contributed by atoms with van der Waals surface area (Å²) < 4.78 is 6.53. The Labute approximate surface area is 302 Å². The van der Waals surface area contributed by atoms with Gasteiger partial charge in [0, 0.05) is 27.8 Å². The molecule has 10 rings (SSSR count). The largest absolute Gasteiger partial charge is 0.456 e. The molecule has 0 bridgehead atoms. The lowest BCUT2D eigenvalue weighted by molar-refractivity contribution is 0.669. The standard InChI is InChI=1S/C50H33NO/c1-3-11-34(12-4-1)36-23-26-41(27-24-36)51(42-17-9-16-38(32-42)35-13-5-2-6-14-35)43-28-30-48-47(33-43)50-46(19-10-20-49(50)52-48)40-25-29-45-39(31-40)22-21-37-15-7-8-18-44(37)45/h1-33H. The quantitative estimate of drug-likeness (QED) is 0.165. The first-order valence-electron chi connectivity index (χ1n) is 17.8. The number of anilines is 3. The van der Waals surface area contributed by atoms with Gasteiger partial charge in [0.25, 0.3) is 0 Å². The van der Waals surface area contributed by atoms with E-state index in [-0.39, 0.29) is 0 Å². The van der Waals surface area contributed by atoms with Crippen LogP contribution < -0.4 is 4.90 Å². The Bertz CT molecular complexity index is 2890. The molecule has 0 aliphatic carbocycles. The maximum atomic E-state index is 6.53. The van der Waals surface area contributed by atoms with Gasteiger partial charge in [-0.15, -0.1) is 0 Å². The number of furan rings is 1. The molecule has 2 nitrogen and oxygen atoms in total. The van der Waals surface area contributed by atoms with Gasteiger partial charge in [0.1, 0.15) is 11.2 Å². The number of rotatable bonds is 6. The van der Waals surface area contributed by atoms with Crippen LogP contribution in [0, 0.1) is 0 Å². The summed E-state index contributed by atoms with van der Waals surface area (Å²) in [6.45, 7) is 0. The Hall–Kier alpha value is -6.90. The van der Waals surface area contributed by atoms with Crippen molar-refractivity contribution in [3.8, 4) is 33.4 Å². The topological polar surface area (TPSA) is 16.4 Å². The lowest BCUT2D eigenvalue weighted by Gasteiger charge is -2.26. The van der Waals surface area contributed by atoms with Crippen LogP contribution in [0.3, 0.4) is 0 Å². The number of hydrogen-bond acceptors (Lipinski definition) is 2. The van der Waals surface area contributed by atoms with Crippen LogP contribution in [0.1, 0.15) is 0 Å². The van der Waals surface area contributed by atoms with Crippen molar-refractivity contribution >= 4 is 60.5 Å². The summed E-state index contributed by atoms with van der Waals surface area (Å²) in [5.74, 6) is 0. The van der Waals surface area contributed by atoms with E-state index in [1.54, 1.807) is 0 Å². The maximum Gasteiger partial charge on any atom is 0.136 e. The summed E-state index contributed by atoms with van der Waals surface area (Å²) in [5.41, 5.74) is 12.1. The van der Waals surface area contributed by atoms with Crippen molar-refractivity contribution in [3.63, 3.8) is 0 Å². The number of benzene rings is 9. The molecule has 1 heterocycles. The number of fused-ring (bicyclic) bond motifs is 6. The smallest absolute Gasteiger partial charge is 0.136 e. The Kier molecular flexibility index (Phi) is 7.18. The van der Waals surface area contributed by atoms with Gasteiger partial charge < -0.3 is 9.32 Å². The fourth-order valence-electron chi connectivity index (χ4n) is 7.71. The van der Waals surface area contributed by atoms with E-state index in [9.17, 15) is 0 Å². The van der Waals surface area contributed by atoms with Crippen molar-refractivity contribution in [2.24, 2.45) is 0 Å². The van der Waals surface area contributed by atoms with E-state index in [4.69, 9.17) is 4.42 Å². The number of nitrogens with zero attached hydrogens (tertiary/aromatic N) is 1. The molecular weight excluding hydrogens is 631 g/mol. The zero-order valence-electron chi connectivity index (χ0n) is 28.4. The zero-order valence-corrected chi connectivity index (χ0v) is 28.4. The van der Waals surface area contributed by atoms with Crippen LogP contribution in [0.25, 0.3) is 76.9 Å². The number of hydrogen-bond donors (Lipinski definition) is 0. The summed E-state index contributed by atoms with van der Waals surface area (Å²) in [6.07, 6.45) is 0. The van der Waals surface area contributed by atoms with Crippen LogP contribution in [-0.2, 0) is 0 Å². The lowest BCUT2D eigenvalue weighted by Crippen LogP contribution is -2.10. The Morgan fingerprint density at radius 2 is 0.923 bits per heavy atom. The van der Waals surface area contributed by atoms with Gasteiger partial charge in [0.15, 0.2) is 0 Å². The fourth-order valence-corrected chi connectivity index (χ4v) is 7.71. The van der Waals surface area contributed by atoms with Crippen LogP contribution in [0.4, 0.5) is 17.1 Å². The van der Waals surface area contributed by atoms with Gasteiger partial charge in [-0.3, -0.25) is 0 Å². The van der Waals surface area contributed by atoms with E-state index < -0.39 is 0 Å². The second kappa shape index (κ2) is 12.5. The molecule has 0 fully saturated rings. The Morgan fingerprint density at radius 1 is 0.308 bits per heavy atom. The molecule has 0 radical (unpaired) electrons. The molecule has 0 N–H and O–H groups in total. The summed E-state index contributed by atoms with van der Waals surface area (Å²) in [6, 6.07) is 71.7. The van der Waals surface area contributed by atoms with Gasteiger partial charge in [-0.05, 0) is 110 Å². The Balaban J connectivity index is 1.14. The normalized spacial score (nSPS) is 11.5. The highest BCUT2D eigenvalue weighted by atomic mass is 16.3. The highest BCUT2D eigenvalue weighted by molar-refractivity contribution is 6.15. The first-order chi connectivity index (χ1) is 25.8. The maximum absolute atomic E-state index is 6.53. The van der Waals surface area contributed by atoms with Crippen molar-refractivity contribution in [3.05, 3.63) is 200 Å². The molecule has 52 heavy (non-hydrogen) atoms. The molecule has 0 atom stereocenters. The third kappa shape index (κ3) is 5.21. The van der Waals surface area contributed by atoms with Gasteiger partial charge in [-0.1, -0.05) is 146 Å². The molecule has 2 heteroatoms. The van der Waals surface area contributed by atoms with Gasteiger partial charge >= 0.3 is 0 Å². The third-order valence-corrected chi connectivity index (χ3v) is 10.2. The van der Waals surface area contributed by atoms with Gasteiger partial charge in [-0.25, -0.2) is 0 Å². The van der Waals surface area contributed by atoms with E-state index in [0.29, 0.717) is 0 Å². The average Bonchev–Trinajstić information content (AvgIpc) is 3.60. The molecule has 10 aromatic rings. The minimum atomic E-state index is 0.871. The summed E-state index contributed by atoms with van der Waals surface area (Å²) >= 11 is 0. The third-order valence-electron chi connectivity index (χ3n) is 10.2. The zero-order chi connectivity index (χ0) is 34.4. The highest BCUT2D eigenvalue weighted by Crippen LogP contribution is 2.43. The highest BCUT2D eigenvalue weighted by Gasteiger charge is 2.18. The first kappa shape index (κ1) is 30.0. The molecular formula is C50H33NO. The predicted octanol–water partition coefficient (Wildman–Crippen LogP) is 14.4. The minimum Gasteiger partial charge on any atom is -0.456 e. The van der Waals surface area contributed by atoms with Crippen LogP contribution in [0.15, 0.2) is 205 Å². The minimum absolute atomic E-state index is 0.871. The second-order valence-electron chi connectivity index (χ2n) is 13.3. The molecule has 0 aliphatic heterocycles. The molecule has 0 spiro atoms. The van der Waals surface area contributed by atoms with Crippen LogP contribution in [-0.4, -0.2) is 0 Å². The second-order valence-corrected chi connectivity index (χ2v) is 13.3. The van der Waals surface area contributed by atoms with Gasteiger partial charge in [-0.2, -0.15) is 0 Å². The van der Waals surface area contributed by atoms with Crippen molar-refractivity contribution < 1.29 is 4.42 Å². The molecule has 0 amide bonds. The molecule has 9 aromatic carbocycles. The van der Waals surface area contributed by atoms with Crippen LogP contribution >= 0.6 is 0 Å². The molecule has 0 aliphatic rings. The molecule has 0 unspecified atom stereocenters. The van der Waals surface area contributed by atoms with Crippen molar-refractivity contribution in [2.75, 3.05) is 4.90 Å². The van der Waals surface area contributed by atoms with Gasteiger partial charge in [0.05, 0.1) is 0 Å². The van der Waals surface area contributed by atoms with E-state index >= 15 is 0 Å². The lowest BCUT2D eigenvalue weighted by atomic mass is 9.95. The van der Waals surface area contributed by atoms with Crippen LogP contribution in [0.2, 0.25) is 0 Å². The Morgan fingerprint density at radius 3 is 1.75 bits per heavy atom. The fraction of sp³-hybridized carbons (Fsp3) is 0. The first-order valence-corrected chi connectivity index (χ1v) is 17.8.